The van der Waals surface area contributed by atoms with Crippen molar-refractivity contribution in [3.8, 4) is 0 Å². The van der Waals surface area contributed by atoms with Crippen molar-refractivity contribution >= 4 is 44.2 Å². The van der Waals surface area contributed by atoms with E-state index in [2.05, 4.69) is 30.7 Å². The Morgan fingerprint density at radius 2 is 1.80 bits per heavy atom. The van der Waals surface area contributed by atoms with Crippen molar-refractivity contribution < 1.29 is 4.79 Å². The molecule has 0 spiro atoms. The number of aromatic nitrogens is 2. The lowest BCUT2D eigenvalue weighted by Crippen LogP contribution is -2.30. The Kier molecular flexibility index (Phi) is 5.58. The smallest absolute Gasteiger partial charge is 0.260 e. The fourth-order valence-electron chi connectivity index (χ4n) is 3.17. The van der Waals surface area contributed by atoms with Crippen LogP contribution in [-0.4, -0.2) is 15.9 Å². The number of thiazole rings is 1. The maximum Gasteiger partial charge on any atom is 0.260 e. The summed E-state index contributed by atoms with van der Waals surface area (Å²) in [5, 5.41) is 1.18. The van der Waals surface area contributed by atoms with Gasteiger partial charge in [-0.2, -0.15) is 0 Å². The molecule has 4 nitrogen and oxygen atoms in total. The molecule has 2 heterocycles. The van der Waals surface area contributed by atoms with Crippen molar-refractivity contribution in [2.75, 3.05) is 4.90 Å². The van der Waals surface area contributed by atoms with Gasteiger partial charge in [-0.05, 0) is 47.4 Å². The van der Waals surface area contributed by atoms with Crippen LogP contribution in [0.1, 0.15) is 42.4 Å². The molecule has 6 heteroatoms. The molecule has 0 N–H and O–H groups in total. The van der Waals surface area contributed by atoms with Gasteiger partial charge in [0.15, 0.2) is 5.13 Å². The first kappa shape index (κ1) is 20.5. The molecule has 0 radical (unpaired) electrons. The molecular weight excluding hydrogens is 414 g/mol. The molecule has 4 aromatic rings. The average Bonchev–Trinajstić information content (AvgIpc) is 3.17. The largest absolute Gasteiger partial charge is 0.278 e. The molecule has 2 aromatic heterocycles. The van der Waals surface area contributed by atoms with Crippen LogP contribution in [0.4, 0.5) is 5.13 Å². The van der Waals surface area contributed by atoms with E-state index in [1.54, 1.807) is 11.1 Å². The highest BCUT2D eigenvalue weighted by Gasteiger charge is 2.23. The molecular formula is C24H22ClN3OS. The highest BCUT2D eigenvalue weighted by Crippen LogP contribution is 2.34. The summed E-state index contributed by atoms with van der Waals surface area (Å²) >= 11 is 7.77. The van der Waals surface area contributed by atoms with Gasteiger partial charge in [-0.1, -0.05) is 68.0 Å². The summed E-state index contributed by atoms with van der Waals surface area (Å²) in [6, 6.07) is 19.1. The third-order valence-electron chi connectivity index (χ3n) is 4.88. The SMILES string of the molecule is CC(C)(C)c1ccc(C(=O)N(Cc2ccccn2)c2nc3c(Cl)cccc3s2)cc1. The molecule has 4 rings (SSSR count). The van der Waals surface area contributed by atoms with Gasteiger partial charge in [0.2, 0.25) is 0 Å². The number of para-hydroxylation sites is 1. The van der Waals surface area contributed by atoms with E-state index < -0.39 is 0 Å². The van der Waals surface area contributed by atoms with E-state index in [9.17, 15) is 4.79 Å². The summed E-state index contributed by atoms with van der Waals surface area (Å²) in [6.07, 6.45) is 1.73. The zero-order valence-electron chi connectivity index (χ0n) is 17.1. The first-order valence-electron chi connectivity index (χ1n) is 9.70. The number of halogens is 1. The molecule has 2 aromatic carbocycles. The van der Waals surface area contributed by atoms with Crippen LogP contribution in [0.2, 0.25) is 5.02 Å². The quantitative estimate of drug-likeness (QED) is 0.368. The molecule has 0 aliphatic rings. The van der Waals surface area contributed by atoms with Gasteiger partial charge in [0, 0.05) is 11.8 Å². The second-order valence-electron chi connectivity index (χ2n) is 8.12. The van der Waals surface area contributed by atoms with E-state index in [0.29, 0.717) is 27.8 Å². The van der Waals surface area contributed by atoms with Crippen LogP contribution in [0.25, 0.3) is 10.2 Å². The normalized spacial score (nSPS) is 11.6. The zero-order chi connectivity index (χ0) is 21.3. The summed E-state index contributed by atoms with van der Waals surface area (Å²) < 4.78 is 0.944. The number of fused-ring (bicyclic) bond motifs is 1. The van der Waals surface area contributed by atoms with Crippen LogP contribution in [0.15, 0.2) is 66.9 Å². The predicted octanol–water partition coefficient (Wildman–Crippen LogP) is 6.49. The maximum absolute atomic E-state index is 13.5. The second kappa shape index (κ2) is 8.17. The molecule has 0 saturated heterocycles. The fourth-order valence-corrected chi connectivity index (χ4v) is 4.43. The van der Waals surface area contributed by atoms with E-state index in [1.807, 2.05) is 60.7 Å². The summed E-state index contributed by atoms with van der Waals surface area (Å²) in [7, 11) is 0. The average molecular weight is 436 g/mol. The monoisotopic (exact) mass is 435 g/mol. The van der Waals surface area contributed by atoms with Crippen molar-refractivity contribution in [2.24, 2.45) is 0 Å². The fraction of sp³-hybridized carbons (Fsp3) is 0.208. The van der Waals surface area contributed by atoms with Crippen LogP contribution in [-0.2, 0) is 12.0 Å². The van der Waals surface area contributed by atoms with Crippen LogP contribution in [0.3, 0.4) is 0 Å². The Morgan fingerprint density at radius 1 is 1.03 bits per heavy atom. The number of pyridine rings is 1. The lowest BCUT2D eigenvalue weighted by atomic mass is 9.86. The van der Waals surface area contributed by atoms with E-state index in [1.165, 1.54) is 16.9 Å². The number of amides is 1. The van der Waals surface area contributed by atoms with Crippen LogP contribution in [0, 0.1) is 0 Å². The Hall–Kier alpha value is -2.76. The standard InChI is InChI=1S/C24H22ClN3OS/c1-24(2,3)17-12-10-16(11-13-17)22(29)28(15-18-7-4-5-14-26-18)23-27-21-19(25)8-6-9-20(21)30-23/h4-14H,15H2,1-3H3. The number of carbonyl (C=O) groups is 1. The highest BCUT2D eigenvalue weighted by atomic mass is 35.5. The summed E-state index contributed by atoms with van der Waals surface area (Å²) in [5.41, 5.74) is 3.33. The summed E-state index contributed by atoms with van der Waals surface area (Å²) in [4.78, 5) is 24.3. The van der Waals surface area contributed by atoms with Crippen molar-refractivity contribution in [3.05, 3.63) is 88.7 Å². The lowest BCUT2D eigenvalue weighted by molar-refractivity contribution is 0.0984. The number of carbonyl (C=O) groups excluding carboxylic acids is 1. The van der Waals surface area contributed by atoms with E-state index >= 15 is 0 Å². The maximum atomic E-state index is 13.5. The van der Waals surface area contributed by atoms with Gasteiger partial charge in [0.25, 0.3) is 5.91 Å². The topological polar surface area (TPSA) is 46.1 Å². The molecule has 0 fully saturated rings. The van der Waals surface area contributed by atoms with E-state index in [-0.39, 0.29) is 11.3 Å². The number of hydrogen-bond acceptors (Lipinski definition) is 4. The molecule has 0 saturated carbocycles. The second-order valence-corrected chi connectivity index (χ2v) is 9.54. The van der Waals surface area contributed by atoms with Gasteiger partial charge in [-0.25, -0.2) is 4.98 Å². The zero-order valence-corrected chi connectivity index (χ0v) is 18.7. The first-order chi connectivity index (χ1) is 14.3. The molecule has 0 aliphatic heterocycles. The third-order valence-corrected chi connectivity index (χ3v) is 6.23. The molecule has 0 unspecified atom stereocenters. The number of nitrogens with zero attached hydrogens (tertiary/aromatic N) is 3. The van der Waals surface area contributed by atoms with Gasteiger partial charge in [-0.3, -0.25) is 14.7 Å². The van der Waals surface area contributed by atoms with Crippen molar-refractivity contribution in [2.45, 2.75) is 32.7 Å². The third kappa shape index (κ3) is 4.23. The first-order valence-corrected chi connectivity index (χ1v) is 10.9. The predicted molar refractivity (Wildman–Crippen MR) is 125 cm³/mol. The van der Waals surface area contributed by atoms with Crippen LogP contribution < -0.4 is 4.90 Å². The molecule has 0 aliphatic carbocycles. The Bertz CT molecular complexity index is 1180. The molecule has 0 bridgehead atoms. The van der Waals surface area contributed by atoms with Crippen molar-refractivity contribution in [1.82, 2.24) is 9.97 Å². The molecule has 1 amide bonds. The number of benzene rings is 2. The minimum absolute atomic E-state index is 0.0268. The van der Waals surface area contributed by atoms with Gasteiger partial charge in [0.05, 0.1) is 22.0 Å². The van der Waals surface area contributed by atoms with Gasteiger partial charge >= 0.3 is 0 Å². The van der Waals surface area contributed by atoms with Crippen molar-refractivity contribution in [1.29, 1.82) is 0 Å². The van der Waals surface area contributed by atoms with Crippen LogP contribution in [0.5, 0.6) is 0 Å². The Labute approximate surface area is 185 Å². The summed E-state index contributed by atoms with van der Waals surface area (Å²) in [5.74, 6) is -0.115. The Balaban J connectivity index is 1.74. The van der Waals surface area contributed by atoms with Gasteiger partial charge in [-0.15, -0.1) is 0 Å². The number of anilines is 1. The highest BCUT2D eigenvalue weighted by molar-refractivity contribution is 7.22. The molecule has 0 atom stereocenters. The molecule has 30 heavy (non-hydrogen) atoms. The number of hydrogen-bond donors (Lipinski definition) is 0. The van der Waals surface area contributed by atoms with Gasteiger partial charge < -0.3 is 0 Å². The van der Waals surface area contributed by atoms with Crippen LogP contribution >= 0.6 is 22.9 Å². The minimum atomic E-state index is -0.115. The van der Waals surface area contributed by atoms with Crippen molar-refractivity contribution in [3.63, 3.8) is 0 Å². The van der Waals surface area contributed by atoms with E-state index in [4.69, 9.17) is 11.6 Å². The minimum Gasteiger partial charge on any atom is -0.278 e. The van der Waals surface area contributed by atoms with Gasteiger partial charge in [0.1, 0.15) is 5.52 Å². The molecule has 152 valence electrons. The Morgan fingerprint density at radius 3 is 2.43 bits per heavy atom. The lowest BCUT2D eigenvalue weighted by Gasteiger charge is -2.21. The van der Waals surface area contributed by atoms with E-state index in [0.717, 1.165) is 10.4 Å². The number of rotatable bonds is 4. The summed E-state index contributed by atoms with van der Waals surface area (Å²) in [6.45, 7) is 6.80.